The van der Waals surface area contributed by atoms with E-state index >= 15 is 0 Å². The van der Waals surface area contributed by atoms with Crippen molar-refractivity contribution in [1.82, 2.24) is 15.5 Å². The number of ether oxygens (including phenoxy) is 1. The summed E-state index contributed by atoms with van der Waals surface area (Å²) >= 11 is 0. The van der Waals surface area contributed by atoms with Crippen molar-refractivity contribution in [2.24, 2.45) is 4.99 Å². The molecule has 3 N–H and O–H groups in total. The molecule has 2 aliphatic heterocycles. The lowest BCUT2D eigenvalue weighted by Crippen LogP contribution is -2.40. The average molecular weight is 359 g/mol. The van der Waals surface area contributed by atoms with Gasteiger partial charge in [-0.25, -0.2) is 4.79 Å². The van der Waals surface area contributed by atoms with Crippen LogP contribution >= 0.6 is 0 Å². The molecule has 1 aromatic carbocycles. The third-order valence-corrected chi connectivity index (χ3v) is 4.78. The molecule has 2 heterocycles. The molecule has 0 spiro atoms. The molecular weight excluding hydrogens is 330 g/mol. The molecule has 7 heteroatoms. The van der Waals surface area contributed by atoms with Gasteiger partial charge in [0.1, 0.15) is 0 Å². The standard InChI is InChI=1S/C19H29N5O2/c1-20-18(22-14-17-8-5-11-26-17)21-13-15-6-4-7-16(12-15)23-19(25)24-9-2-3-10-24/h4,6-7,12,17H,2-3,5,8-11,13-14H2,1H3,(H,23,25)(H2,20,21,22). The van der Waals surface area contributed by atoms with E-state index < -0.39 is 0 Å². The summed E-state index contributed by atoms with van der Waals surface area (Å²) in [6.07, 6.45) is 4.69. The number of amides is 2. The maximum Gasteiger partial charge on any atom is 0.321 e. The Labute approximate surface area is 155 Å². The monoisotopic (exact) mass is 359 g/mol. The Kier molecular flexibility index (Phi) is 6.71. The number of carbonyl (C=O) groups is 1. The van der Waals surface area contributed by atoms with Gasteiger partial charge in [0.2, 0.25) is 0 Å². The van der Waals surface area contributed by atoms with Gasteiger partial charge in [-0.05, 0) is 43.4 Å². The summed E-state index contributed by atoms with van der Waals surface area (Å²) in [5.41, 5.74) is 1.91. The van der Waals surface area contributed by atoms with Crippen LogP contribution < -0.4 is 16.0 Å². The molecule has 26 heavy (non-hydrogen) atoms. The van der Waals surface area contributed by atoms with Crippen molar-refractivity contribution in [3.05, 3.63) is 29.8 Å². The summed E-state index contributed by atoms with van der Waals surface area (Å²) in [6.45, 7) is 3.96. The van der Waals surface area contributed by atoms with Crippen molar-refractivity contribution < 1.29 is 9.53 Å². The Morgan fingerprint density at radius 1 is 1.27 bits per heavy atom. The molecule has 2 saturated heterocycles. The first-order valence-corrected chi connectivity index (χ1v) is 9.45. The van der Waals surface area contributed by atoms with Gasteiger partial charge >= 0.3 is 6.03 Å². The van der Waals surface area contributed by atoms with Crippen molar-refractivity contribution >= 4 is 17.7 Å². The van der Waals surface area contributed by atoms with Crippen LogP contribution in [-0.4, -0.2) is 56.3 Å². The van der Waals surface area contributed by atoms with Crippen LogP contribution in [0, 0.1) is 0 Å². The van der Waals surface area contributed by atoms with Gasteiger partial charge in [0.25, 0.3) is 0 Å². The number of carbonyl (C=O) groups excluding carboxylic acids is 1. The molecule has 0 aromatic heterocycles. The number of aliphatic imine (C=N–C) groups is 1. The number of anilines is 1. The molecule has 0 radical (unpaired) electrons. The zero-order chi connectivity index (χ0) is 18.2. The lowest BCUT2D eigenvalue weighted by Gasteiger charge is -2.17. The van der Waals surface area contributed by atoms with Crippen LogP contribution in [0.5, 0.6) is 0 Å². The second-order valence-corrected chi connectivity index (χ2v) is 6.77. The summed E-state index contributed by atoms with van der Waals surface area (Å²) in [4.78, 5) is 18.3. The molecule has 1 atom stereocenters. The predicted molar refractivity (Wildman–Crippen MR) is 103 cm³/mol. The van der Waals surface area contributed by atoms with E-state index in [-0.39, 0.29) is 12.1 Å². The fraction of sp³-hybridized carbons (Fsp3) is 0.579. The molecule has 2 aliphatic rings. The van der Waals surface area contributed by atoms with Crippen molar-refractivity contribution in [2.75, 3.05) is 38.6 Å². The molecule has 1 unspecified atom stereocenters. The minimum absolute atomic E-state index is 0.0124. The van der Waals surface area contributed by atoms with E-state index in [9.17, 15) is 4.79 Å². The molecule has 7 nitrogen and oxygen atoms in total. The van der Waals surface area contributed by atoms with E-state index in [0.717, 1.165) is 69.1 Å². The second-order valence-electron chi connectivity index (χ2n) is 6.77. The normalized spacial score (nSPS) is 20.3. The van der Waals surface area contributed by atoms with Crippen molar-refractivity contribution in [3.63, 3.8) is 0 Å². The van der Waals surface area contributed by atoms with Crippen LogP contribution in [-0.2, 0) is 11.3 Å². The Hall–Kier alpha value is -2.28. The van der Waals surface area contributed by atoms with Crippen molar-refractivity contribution in [2.45, 2.75) is 38.3 Å². The summed E-state index contributed by atoms with van der Waals surface area (Å²) < 4.78 is 5.62. The molecule has 0 aliphatic carbocycles. The number of likely N-dealkylation sites (tertiary alicyclic amines) is 1. The molecule has 2 amide bonds. The van der Waals surface area contributed by atoms with E-state index in [1.165, 1.54) is 0 Å². The summed E-state index contributed by atoms with van der Waals surface area (Å²) in [7, 11) is 1.76. The Morgan fingerprint density at radius 2 is 2.12 bits per heavy atom. The highest BCUT2D eigenvalue weighted by Gasteiger charge is 2.18. The van der Waals surface area contributed by atoms with Gasteiger partial charge in [-0.3, -0.25) is 4.99 Å². The van der Waals surface area contributed by atoms with Gasteiger partial charge in [0.05, 0.1) is 6.10 Å². The molecule has 0 bridgehead atoms. The van der Waals surface area contributed by atoms with Crippen LogP contribution in [0.15, 0.2) is 29.3 Å². The van der Waals surface area contributed by atoms with Gasteiger partial charge in [0.15, 0.2) is 5.96 Å². The van der Waals surface area contributed by atoms with Crippen LogP contribution in [0.4, 0.5) is 10.5 Å². The van der Waals surface area contributed by atoms with Crippen LogP contribution in [0.2, 0.25) is 0 Å². The Morgan fingerprint density at radius 3 is 2.85 bits per heavy atom. The van der Waals surface area contributed by atoms with Crippen molar-refractivity contribution in [3.8, 4) is 0 Å². The Bertz CT molecular complexity index is 622. The fourth-order valence-electron chi connectivity index (χ4n) is 3.30. The lowest BCUT2D eigenvalue weighted by molar-refractivity contribution is 0.114. The van der Waals surface area contributed by atoms with E-state index in [1.54, 1.807) is 7.05 Å². The third-order valence-electron chi connectivity index (χ3n) is 4.78. The number of hydrogen-bond donors (Lipinski definition) is 3. The first kappa shape index (κ1) is 18.5. The first-order valence-electron chi connectivity index (χ1n) is 9.45. The zero-order valence-corrected chi connectivity index (χ0v) is 15.5. The van der Waals surface area contributed by atoms with Gasteiger partial charge in [-0.1, -0.05) is 12.1 Å². The van der Waals surface area contributed by atoms with E-state index in [2.05, 4.69) is 20.9 Å². The summed E-state index contributed by atoms with van der Waals surface area (Å²) in [5, 5.41) is 9.59. The zero-order valence-electron chi connectivity index (χ0n) is 15.5. The second kappa shape index (κ2) is 9.43. The van der Waals surface area contributed by atoms with Gasteiger partial charge in [-0.15, -0.1) is 0 Å². The van der Waals surface area contributed by atoms with Crippen molar-refractivity contribution in [1.29, 1.82) is 0 Å². The topological polar surface area (TPSA) is 78.0 Å². The number of nitrogens with one attached hydrogen (secondary N) is 3. The van der Waals surface area contributed by atoms with Crippen LogP contribution in [0.1, 0.15) is 31.2 Å². The number of urea groups is 1. The molecule has 142 valence electrons. The minimum Gasteiger partial charge on any atom is -0.376 e. The van der Waals surface area contributed by atoms with E-state index in [4.69, 9.17) is 4.74 Å². The fourth-order valence-corrected chi connectivity index (χ4v) is 3.30. The average Bonchev–Trinajstić information content (AvgIpc) is 3.36. The van der Waals surface area contributed by atoms with Crippen LogP contribution in [0.25, 0.3) is 0 Å². The smallest absolute Gasteiger partial charge is 0.321 e. The summed E-state index contributed by atoms with van der Waals surface area (Å²) in [6, 6.07) is 7.89. The highest BCUT2D eigenvalue weighted by molar-refractivity contribution is 5.89. The molecule has 1 aromatic rings. The predicted octanol–water partition coefficient (Wildman–Crippen LogP) is 2.16. The first-order chi connectivity index (χ1) is 12.7. The molecule has 3 rings (SSSR count). The van der Waals surface area contributed by atoms with Crippen LogP contribution in [0.3, 0.4) is 0 Å². The number of benzene rings is 1. The lowest BCUT2D eigenvalue weighted by atomic mass is 10.2. The highest BCUT2D eigenvalue weighted by atomic mass is 16.5. The number of guanidine groups is 1. The minimum atomic E-state index is -0.0124. The van der Waals surface area contributed by atoms with E-state index in [0.29, 0.717) is 6.54 Å². The van der Waals surface area contributed by atoms with Gasteiger partial charge < -0.3 is 25.6 Å². The SMILES string of the molecule is CN=C(NCc1cccc(NC(=O)N2CCCC2)c1)NCC1CCCO1. The highest BCUT2D eigenvalue weighted by Crippen LogP contribution is 2.14. The maximum absolute atomic E-state index is 12.2. The summed E-state index contributed by atoms with van der Waals surface area (Å²) in [5.74, 6) is 0.756. The number of nitrogens with zero attached hydrogens (tertiary/aromatic N) is 2. The maximum atomic E-state index is 12.2. The number of hydrogen-bond acceptors (Lipinski definition) is 3. The largest absolute Gasteiger partial charge is 0.376 e. The Balaban J connectivity index is 1.47. The molecule has 2 fully saturated rings. The molecular formula is C19H29N5O2. The van der Waals surface area contributed by atoms with Gasteiger partial charge in [-0.2, -0.15) is 0 Å². The third kappa shape index (κ3) is 5.36. The van der Waals surface area contributed by atoms with E-state index in [1.807, 2.05) is 29.2 Å². The van der Waals surface area contributed by atoms with Gasteiger partial charge in [0, 0.05) is 45.5 Å². The quantitative estimate of drug-likeness (QED) is 0.556. The molecule has 0 saturated carbocycles. The number of rotatable bonds is 5.